The van der Waals surface area contributed by atoms with Gasteiger partial charge in [0.2, 0.25) is 0 Å². The van der Waals surface area contributed by atoms with Crippen molar-refractivity contribution < 1.29 is 24.2 Å². The maximum atomic E-state index is 12.5. The van der Waals surface area contributed by atoms with Crippen LogP contribution >= 0.6 is 0 Å². The number of fused-ring (bicyclic) bond motifs is 1. The number of ether oxygens (including phenoxy) is 2. The van der Waals surface area contributed by atoms with Gasteiger partial charge in [-0.15, -0.1) is 0 Å². The molecule has 0 aliphatic heterocycles. The van der Waals surface area contributed by atoms with Crippen molar-refractivity contribution in [2.24, 2.45) is 0 Å². The van der Waals surface area contributed by atoms with Crippen LogP contribution in [0, 0.1) is 0 Å². The molecule has 0 aliphatic carbocycles. The summed E-state index contributed by atoms with van der Waals surface area (Å²) in [4.78, 5) is 23.2. The maximum absolute atomic E-state index is 12.5. The van der Waals surface area contributed by atoms with E-state index in [1.165, 1.54) is 0 Å². The standard InChI is InChI=1S/C34H33N3O5/c1-4-42-30-7-5-6-27(20-30)31-21-32(28-13-12-26-19-29(41-3)15-14-25(26)18-28)37(36-31)22(2)23-8-10-24(11-9-23)34(40)35-17-16-33(38)39/h5-15,18-22H,4,16-17H2,1-3H3,(H,35,40)(H,38,39). The number of aromatic nitrogens is 2. The fourth-order valence-corrected chi connectivity index (χ4v) is 4.91. The molecule has 0 aliphatic rings. The molecule has 0 spiro atoms. The average Bonchev–Trinajstić information content (AvgIpc) is 3.46. The van der Waals surface area contributed by atoms with Gasteiger partial charge in [-0.1, -0.05) is 42.5 Å². The Morgan fingerprint density at radius 3 is 2.40 bits per heavy atom. The van der Waals surface area contributed by atoms with Crippen LogP contribution in [0.2, 0.25) is 0 Å². The Balaban J connectivity index is 1.52. The predicted molar refractivity (Wildman–Crippen MR) is 163 cm³/mol. The Bertz CT molecular complexity index is 1730. The number of rotatable bonds is 11. The van der Waals surface area contributed by atoms with Crippen molar-refractivity contribution in [3.63, 3.8) is 0 Å². The molecule has 8 nitrogen and oxygen atoms in total. The number of hydrogen-bond donors (Lipinski definition) is 2. The number of nitrogens with zero attached hydrogens (tertiary/aromatic N) is 2. The lowest BCUT2D eigenvalue weighted by Gasteiger charge is -2.17. The zero-order chi connectivity index (χ0) is 29.6. The van der Waals surface area contributed by atoms with Crippen molar-refractivity contribution in [2.45, 2.75) is 26.3 Å². The van der Waals surface area contributed by atoms with Gasteiger partial charge in [-0.2, -0.15) is 5.10 Å². The summed E-state index contributed by atoms with van der Waals surface area (Å²) in [6.07, 6.45) is -0.124. The summed E-state index contributed by atoms with van der Waals surface area (Å²) in [7, 11) is 1.66. The third-order valence-electron chi connectivity index (χ3n) is 7.17. The number of carbonyl (C=O) groups is 2. The van der Waals surface area contributed by atoms with Crippen molar-refractivity contribution in [3.8, 4) is 34.0 Å². The second-order valence-electron chi connectivity index (χ2n) is 9.95. The summed E-state index contributed by atoms with van der Waals surface area (Å²) in [5.41, 5.74) is 5.19. The van der Waals surface area contributed by atoms with E-state index in [-0.39, 0.29) is 24.9 Å². The monoisotopic (exact) mass is 563 g/mol. The van der Waals surface area contributed by atoms with E-state index >= 15 is 0 Å². The number of benzene rings is 4. The molecule has 1 amide bonds. The molecule has 1 heterocycles. The number of methoxy groups -OCH3 is 1. The molecule has 5 aromatic rings. The molecule has 0 radical (unpaired) electrons. The Morgan fingerprint density at radius 2 is 1.67 bits per heavy atom. The van der Waals surface area contributed by atoms with E-state index in [9.17, 15) is 9.59 Å². The SMILES string of the molecule is CCOc1cccc(-c2cc(-c3ccc4cc(OC)ccc4c3)n(C(C)c3ccc(C(=O)NCCC(=O)O)cc3)n2)c1. The van der Waals surface area contributed by atoms with Crippen LogP contribution in [0.25, 0.3) is 33.3 Å². The number of carboxylic acid groups (broad SMARTS) is 1. The van der Waals surface area contributed by atoms with Crippen LogP contribution in [0.4, 0.5) is 0 Å². The van der Waals surface area contributed by atoms with Crippen LogP contribution < -0.4 is 14.8 Å². The lowest BCUT2D eigenvalue weighted by Crippen LogP contribution is -2.26. The molecular weight excluding hydrogens is 530 g/mol. The van der Waals surface area contributed by atoms with Gasteiger partial charge in [0.05, 0.1) is 37.6 Å². The summed E-state index contributed by atoms with van der Waals surface area (Å²) in [5.74, 6) is 0.338. The minimum Gasteiger partial charge on any atom is -0.497 e. The second-order valence-corrected chi connectivity index (χ2v) is 9.95. The van der Waals surface area contributed by atoms with Gasteiger partial charge in [0.15, 0.2) is 0 Å². The van der Waals surface area contributed by atoms with Crippen LogP contribution in [0.3, 0.4) is 0 Å². The Labute approximate surface area is 244 Å². The van der Waals surface area contributed by atoms with Gasteiger partial charge in [-0.05, 0) is 78.7 Å². The molecule has 0 fully saturated rings. The third-order valence-corrected chi connectivity index (χ3v) is 7.17. The van der Waals surface area contributed by atoms with Crippen molar-refractivity contribution in [1.82, 2.24) is 15.1 Å². The zero-order valence-electron chi connectivity index (χ0n) is 23.8. The van der Waals surface area contributed by atoms with Crippen molar-refractivity contribution in [2.75, 3.05) is 20.3 Å². The molecule has 0 saturated heterocycles. The lowest BCUT2D eigenvalue weighted by atomic mass is 10.0. The molecule has 8 heteroatoms. The molecule has 214 valence electrons. The Morgan fingerprint density at radius 1 is 0.905 bits per heavy atom. The third kappa shape index (κ3) is 6.28. The normalized spacial score (nSPS) is 11.7. The van der Waals surface area contributed by atoms with Crippen LogP contribution in [0.5, 0.6) is 11.5 Å². The molecule has 42 heavy (non-hydrogen) atoms. The highest BCUT2D eigenvalue weighted by atomic mass is 16.5. The first-order valence-electron chi connectivity index (χ1n) is 13.9. The number of carboxylic acids is 1. The quantitative estimate of drug-likeness (QED) is 0.188. The fourth-order valence-electron chi connectivity index (χ4n) is 4.91. The zero-order valence-corrected chi connectivity index (χ0v) is 23.8. The van der Waals surface area contributed by atoms with E-state index < -0.39 is 5.97 Å². The van der Waals surface area contributed by atoms with Gasteiger partial charge in [0.1, 0.15) is 11.5 Å². The number of aliphatic carboxylic acids is 1. The largest absolute Gasteiger partial charge is 0.497 e. The molecule has 1 unspecified atom stereocenters. The minimum atomic E-state index is -0.954. The Kier molecular flexibility index (Phi) is 8.52. The molecular formula is C34H33N3O5. The van der Waals surface area contributed by atoms with Gasteiger partial charge in [0, 0.05) is 23.2 Å². The predicted octanol–water partition coefficient (Wildman–Crippen LogP) is 6.59. The van der Waals surface area contributed by atoms with Crippen LogP contribution in [-0.2, 0) is 4.79 Å². The highest BCUT2D eigenvalue weighted by Crippen LogP contribution is 2.34. The smallest absolute Gasteiger partial charge is 0.305 e. The maximum Gasteiger partial charge on any atom is 0.305 e. The molecule has 1 atom stereocenters. The van der Waals surface area contributed by atoms with Crippen LogP contribution in [0.1, 0.15) is 42.2 Å². The molecule has 5 rings (SSSR count). The van der Waals surface area contributed by atoms with Crippen molar-refractivity contribution in [3.05, 3.63) is 102 Å². The summed E-state index contributed by atoms with van der Waals surface area (Å²) in [6.45, 7) is 4.69. The minimum absolute atomic E-state index is 0.0782. The number of hydrogen-bond acceptors (Lipinski definition) is 5. The fraction of sp³-hybridized carbons (Fsp3) is 0.206. The van der Waals surface area contributed by atoms with Crippen molar-refractivity contribution >= 4 is 22.6 Å². The van der Waals surface area contributed by atoms with Gasteiger partial charge < -0.3 is 19.9 Å². The highest BCUT2D eigenvalue weighted by Gasteiger charge is 2.19. The summed E-state index contributed by atoms with van der Waals surface area (Å²) in [6, 6.07) is 29.5. The first kappa shape index (κ1) is 28.4. The van der Waals surface area contributed by atoms with E-state index in [1.54, 1.807) is 19.2 Å². The first-order chi connectivity index (χ1) is 20.4. The van der Waals surface area contributed by atoms with Crippen LogP contribution in [0.15, 0.2) is 91.0 Å². The molecule has 4 aromatic carbocycles. The van der Waals surface area contributed by atoms with E-state index in [1.807, 2.05) is 60.1 Å². The topological polar surface area (TPSA) is 103 Å². The lowest BCUT2D eigenvalue weighted by molar-refractivity contribution is -0.136. The molecule has 1 aromatic heterocycles. The average molecular weight is 564 g/mol. The number of amides is 1. The van der Waals surface area contributed by atoms with Gasteiger partial charge in [0.25, 0.3) is 5.91 Å². The van der Waals surface area contributed by atoms with E-state index in [0.29, 0.717) is 12.2 Å². The second kappa shape index (κ2) is 12.6. The number of nitrogens with one attached hydrogen (secondary N) is 1. The van der Waals surface area contributed by atoms with Crippen LogP contribution in [-0.4, -0.2) is 47.0 Å². The summed E-state index contributed by atoms with van der Waals surface area (Å²) >= 11 is 0. The first-order valence-corrected chi connectivity index (χ1v) is 13.9. The van der Waals surface area contributed by atoms with E-state index in [2.05, 4.69) is 42.6 Å². The summed E-state index contributed by atoms with van der Waals surface area (Å²) < 4.78 is 13.1. The molecule has 0 saturated carbocycles. The molecule has 2 N–H and O–H groups in total. The highest BCUT2D eigenvalue weighted by molar-refractivity contribution is 5.94. The van der Waals surface area contributed by atoms with Crippen molar-refractivity contribution in [1.29, 1.82) is 0 Å². The van der Waals surface area contributed by atoms with E-state index in [0.717, 1.165) is 50.3 Å². The van der Waals surface area contributed by atoms with E-state index in [4.69, 9.17) is 19.7 Å². The number of carbonyl (C=O) groups excluding carboxylic acids is 1. The van der Waals surface area contributed by atoms with Gasteiger partial charge in [-0.3, -0.25) is 14.3 Å². The Hall–Kier alpha value is -5.11. The molecule has 0 bridgehead atoms. The van der Waals surface area contributed by atoms with Gasteiger partial charge in [-0.25, -0.2) is 0 Å². The van der Waals surface area contributed by atoms with Gasteiger partial charge >= 0.3 is 5.97 Å². The summed E-state index contributed by atoms with van der Waals surface area (Å²) in [5, 5.41) is 18.7.